The second-order valence-corrected chi connectivity index (χ2v) is 10.1. The Kier molecular flexibility index (Phi) is 7.12. The normalized spacial score (nSPS) is 15.1. The second-order valence-electron chi connectivity index (χ2n) is 10.1. The number of carbonyl (C=O) groups excluding carboxylic acids is 2. The third-order valence-corrected chi connectivity index (χ3v) is 7.10. The van der Waals surface area contributed by atoms with E-state index in [4.69, 9.17) is 0 Å². The molecule has 0 aliphatic heterocycles. The molecule has 4 aromatic rings. The fourth-order valence-electron chi connectivity index (χ4n) is 4.51. The van der Waals surface area contributed by atoms with Crippen LogP contribution >= 0.6 is 0 Å². The highest BCUT2D eigenvalue weighted by Gasteiger charge is 2.46. The maximum Gasteiger partial charge on any atom is 0.416 e. The van der Waals surface area contributed by atoms with Gasteiger partial charge in [-0.25, -0.2) is 9.97 Å². The van der Waals surface area contributed by atoms with Crippen molar-refractivity contribution in [2.24, 2.45) is 5.41 Å². The van der Waals surface area contributed by atoms with Crippen LogP contribution in [0.1, 0.15) is 42.3 Å². The Balaban J connectivity index is 1.39. The van der Waals surface area contributed by atoms with E-state index in [-0.39, 0.29) is 24.4 Å². The van der Waals surface area contributed by atoms with Crippen molar-refractivity contribution in [3.05, 3.63) is 95.4 Å². The summed E-state index contributed by atoms with van der Waals surface area (Å²) < 4.78 is 42.8. The molecule has 1 atom stereocenters. The molecular weight excluding hydrogens is 507 g/mol. The summed E-state index contributed by atoms with van der Waals surface area (Å²) in [7, 11) is 0. The van der Waals surface area contributed by atoms with Crippen LogP contribution in [0.5, 0.6) is 0 Å². The first-order valence-electron chi connectivity index (χ1n) is 12.7. The maximum atomic E-state index is 13.7. The molecule has 2 heterocycles. The van der Waals surface area contributed by atoms with Crippen molar-refractivity contribution in [3.63, 3.8) is 0 Å². The fourth-order valence-corrected chi connectivity index (χ4v) is 4.51. The van der Waals surface area contributed by atoms with Crippen LogP contribution in [0.3, 0.4) is 0 Å². The van der Waals surface area contributed by atoms with Crippen LogP contribution in [0, 0.1) is 5.41 Å². The number of halogens is 3. The summed E-state index contributed by atoms with van der Waals surface area (Å²) in [5, 5.41) is 5.50. The number of nitrogens with one attached hydrogen (secondary N) is 2. The molecule has 2 aromatic heterocycles. The molecule has 1 saturated carbocycles. The smallest absolute Gasteiger partial charge is 0.347 e. The molecule has 0 spiro atoms. The molecule has 2 amide bonds. The van der Waals surface area contributed by atoms with Gasteiger partial charge in [-0.1, -0.05) is 55.5 Å². The Morgan fingerprint density at radius 3 is 2.46 bits per heavy atom. The second kappa shape index (κ2) is 10.5. The number of amides is 2. The minimum absolute atomic E-state index is 0.00653. The summed E-state index contributed by atoms with van der Waals surface area (Å²) in [6.45, 7) is 2.25. The summed E-state index contributed by atoms with van der Waals surface area (Å²) in [5.41, 5.74) is 0.829. The van der Waals surface area contributed by atoms with Gasteiger partial charge in [-0.3, -0.25) is 9.59 Å². The standard InChI is InChI=1S/C29H28F3N5O2/c1-28(13-14-28)27(39)36-23(16-20-10-5-6-11-21(20)29(30,31)32)26(38)34-17-24-35-22-12-7-15-33-25(22)37(24)18-19-8-3-2-4-9-19/h2-12,15,23H,13-14,16-18H2,1H3,(H,34,38)(H,36,39)/t23-/m1/s1. The highest BCUT2D eigenvalue weighted by Crippen LogP contribution is 2.45. The summed E-state index contributed by atoms with van der Waals surface area (Å²) in [6.07, 6.45) is -1.88. The van der Waals surface area contributed by atoms with Crippen LogP contribution in [0.25, 0.3) is 11.2 Å². The van der Waals surface area contributed by atoms with E-state index in [1.54, 1.807) is 19.2 Å². The van der Waals surface area contributed by atoms with E-state index >= 15 is 0 Å². The van der Waals surface area contributed by atoms with E-state index in [0.29, 0.717) is 36.4 Å². The van der Waals surface area contributed by atoms with Gasteiger partial charge in [-0.15, -0.1) is 0 Å². The Bertz CT molecular complexity index is 1500. The van der Waals surface area contributed by atoms with Gasteiger partial charge in [0, 0.05) is 18.0 Å². The lowest BCUT2D eigenvalue weighted by Gasteiger charge is -2.22. The quantitative estimate of drug-likeness (QED) is 0.327. The van der Waals surface area contributed by atoms with E-state index in [0.717, 1.165) is 11.6 Å². The highest BCUT2D eigenvalue weighted by atomic mass is 19.4. The Morgan fingerprint density at radius 1 is 1.03 bits per heavy atom. The Labute approximate surface area is 223 Å². The number of rotatable bonds is 9. The lowest BCUT2D eigenvalue weighted by molar-refractivity contribution is -0.138. The number of fused-ring (bicyclic) bond motifs is 1. The minimum Gasteiger partial charge on any atom is -0.347 e. The van der Waals surface area contributed by atoms with Crippen LogP contribution in [-0.4, -0.2) is 32.4 Å². The summed E-state index contributed by atoms with van der Waals surface area (Å²) in [5.74, 6) is -0.390. The van der Waals surface area contributed by atoms with Gasteiger partial charge in [-0.05, 0) is 42.2 Å². The summed E-state index contributed by atoms with van der Waals surface area (Å²) in [4.78, 5) is 35.3. The average molecular weight is 536 g/mol. The molecule has 39 heavy (non-hydrogen) atoms. The highest BCUT2D eigenvalue weighted by molar-refractivity contribution is 5.91. The van der Waals surface area contributed by atoms with Gasteiger partial charge in [0.1, 0.15) is 17.4 Å². The van der Waals surface area contributed by atoms with Gasteiger partial charge >= 0.3 is 6.18 Å². The van der Waals surface area contributed by atoms with Crippen LogP contribution in [0.2, 0.25) is 0 Å². The zero-order valence-corrected chi connectivity index (χ0v) is 21.3. The van der Waals surface area contributed by atoms with E-state index < -0.39 is 29.1 Å². The number of hydrogen-bond acceptors (Lipinski definition) is 4. The SMILES string of the molecule is CC1(C(=O)N[C@H](Cc2ccccc2C(F)(F)F)C(=O)NCc2nc3cccnc3n2Cc2ccccc2)CC1. The van der Waals surface area contributed by atoms with Crippen molar-refractivity contribution in [1.82, 2.24) is 25.2 Å². The van der Waals surface area contributed by atoms with Crippen molar-refractivity contribution >= 4 is 23.0 Å². The number of pyridine rings is 1. The van der Waals surface area contributed by atoms with Crippen LogP contribution in [0.15, 0.2) is 72.9 Å². The van der Waals surface area contributed by atoms with E-state index in [1.807, 2.05) is 41.0 Å². The maximum absolute atomic E-state index is 13.7. The van der Waals surface area contributed by atoms with Crippen LogP contribution in [-0.2, 0) is 35.3 Å². The minimum atomic E-state index is -4.58. The number of imidazole rings is 1. The Hall–Kier alpha value is -4.21. The lowest BCUT2D eigenvalue weighted by Crippen LogP contribution is -2.50. The van der Waals surface area contributed by atoms with Gasteiger partial charge in [0.15, 0.2) is 5.65 Å². The monoisotopic (exact) mass is 535 g/mol. The first kappa shape index (κ1) is 26.4. The van der Waals surface area contributed by atoms with Gasteiger partial charge in [0.05, 0.1) is 18.7 Å². The first-order chi connectivity index (χ1) is 18.6. The Morgan fingerprint density at radius 2 is 1.74 bits per heavy atom. The first-order valence-corrected chi connectivity index (χ1v) is 12.7. The van der Waals surface area contributed by atoms with Crippen molar-refractivity contribution in [1.29, 1.82) is 0 Å². The molecule has 202 valence electrons. The number of benzene rings is 2. The third-order valence-electron chi connectivity index (χ3n) is 7.10. The zero-order chi connectivity index (χ0) is 27.6. The molecule has 1 aliphatic rings. The van der Waals surface area contributed by atoms with Crippen molar-refractivity contribution in [2.75, 3.05) is 0 Å². The zero-order valence-electron chi connectivity index (χ0n) is 21.3. The third kappa shape index (κ3) is 5.94. The molecule has 10 heteroatoms. The van der Waals surface area contributed by atoms with Crippen molar-refractivity contribution in [3.8, 4) is 0 Å². The number of carbonyl (C=O) groups is 2. The topological polar surface area (TPSA) is 88.9 Å². The molecule has 2 N–H and O–H groups in total. The summed E-state index contributed by atoms with van der Waals surface area (Å²) >= 11 is 0. The molecule has 1 fully saturated rings. The average Bonchev–Trinajstić information content (AvgIpc) is 3.59. The van der Waals surface area contributed by atoms with E-state index in [1.165, 1.54) is 18.2 Å². The molecule has 2 aromatic carbocycles. The van der Waals surface area contributed by atoms with Crippen LogP contribution in [0.4, 0.5) is 13.2 Å². The molecule has 0 radical (unpaired) electrons. The molecule has 0 bridgehead atoms. The van der Waals surface area contributed by atoms with Crippen molar-refractivity contribution < 1.29 is 22.8 Å². The predicted octanol–water partition coefficient (Wildman–Crippen LogP) is 4.64. The fraction of sp³-hybridized carbons (Fsp3) is 0.310. The van der Waals surface area contributed by atoms with Crippen LogP contribution < -0.4 is 10.6 Å². The van der Waals surface area contributed by atoms with Gasteiger partial charge in [-0.2, -0.15) is 13.2 Å². The number of hydrogen-bond donors (Lipinski definition) is 2. The molecule has 0 saturated heterocycles. The number of alkyl halides is 3. The van der Waals surface area contributed by atoms with Crippen molar-refractivity contribution in [2.45, 2.75) is 51.5 Å². The van der Waals surface area contributed by atoms with E-state index in [2.05, 4.69) is 20.6 Å². The summed E-state index contributed by atoms with van der Waals surface area (Å²) in [6, 6.07) is 17.2. The largest absolute Gasteiger partial charge is 0.416 e. The number of aromatic nitrogens is 3. The number of nitrogens with zero attached hydrogens (tertiary/aromatic N) is 3. The molecule has 0 unspecified atom stereocenters. The molecule has 1 aliphatic carbocycles. The van der Waals surface area contributed by atoms with Gasteiger partial charge < -0.3 is 15.2 Å². The molecular formula is C29H28F3N5O2. The molecule has 7 nitrogen and oxygen atoms in total. The lowest BCUT2D eigenvalue weighted by atomic mass is 9.98. The van der Waals surface area contributed by atoms with Gasteiger partial charge in [0.25, 0.3) is 0 Å². The van der Waals surface area contributed by atoms with Gasteiger partial charge in [0.2, 0.25) is 11.8 Å². The molecule has 5 rings (SSSR count). The van der Waals surface area contributed by atoms with E-state index in [9.17, 15) is 22.8 Å². The predicted molar refractivity (Wildman–Crippen MR) is 139 cm³/mol.